The zero-order valence-corrected chi connectivity index (χ0v) is 23.7. The van der Waals surface area contributed by atoms with Crippen LogP contribution in [0.5, 0.6) is 0 Å². The van der Waals surface area contributed by atoms with Gasteiger partial charge in [-0.25, -0.2) is 0 Å². The fourth-order valence-corrected chi connectivity index (χ4v) is 5.40. The quantitative estimate of drug-likeness (QED) is 0.313. The van der Waals surface area contributed by atoms with Crippen molar-refractivity contribution in [3.8, 4) is 0 Å². The van der Waals surface area contributed by atoms with Crippen molar-refractivity contribution >= 4 is 46.1 Å². The molecule has 0 saturated carbocycles. The Morgan fingerprint density at radius 3 is 2.05 bits per heavy atom. The topological polar surface area (TPSA) is 78.5 Å². The summed E-state index contributed by atoms with van der Waals surface area (Å²) in [5.41, 5.74) is 3.88. The summed E-state index contributed by atoms with van der Waals surface area (Å²) in [6.07, 6.45) is 0. The molecular weight excluding hydrogens is 514 g/mol. The highest BCUT2D eigenvalue weighted by Gasteiger charge is 2.24. The van der Waals surface area contributed by atoms with Gasteiger partial charge in [-0.05, 0) is 23.3 Å². The van der Waals surface area contributed by atoms with Gasteiger partial charge < -0.3 is 15.5 Å². The Hall–Kier alpha value is -3.23. The molecule has 0 spiro atoms. The van der Waals surface area contributed by atoms with Crippen LogP contribution in [0.15, 0.2) is 84.9 Å². The summed E-state index contributed by atoms with van der Waals surface area (Å²) in [4.78, 5) is 40.5. The highest BCUT2D eigenvalue weighted by molar-refractivity contribution is 8.14. The molecule has 0 saturated heterocycles. The van der Waals surface area contributed by atoms with E-state index in [2.05, 4.69) is 34.9 Å². The first-order chi connectivity index (χ1) is 18.3. The average Bonchev–Trinajstić information content (AvgIpc) is 2.95. The fourth-order valence-electron chi connectivity index (χ4n) is 3.52. The summed E-state index contributed by atoms with van der Waals surface area (Å²) < 4.78 is 0. The van der Waals surface area contributed by atoms with E-state index in [0.717, 1.165) is 34.3 Å². The normalized spacial score (nSPS) is 12.3. The Kier molecular flexibility index (Phi) is 11.8. The second kappa shape index (κ2) is 15.2. The minimum absolute atomic E-state index is 0.0711. The predicted molar refractivity (Wildman–Crippen MR) is 160 cm³/mol. The molecule has 0 fully saturated rings. The van der Waals surface area contributed by atoms with Gasteiger partial charge in [-0.2, -0.15) is 11.8 Å². The van der Waals surface area contributed by atoms with E-state index in [1.807, 2.05) is 67.5 Å². The van der Waals surface area contributed by atoms with E-state index in [0.29, 0.717) is 23.6 Å². The maximum atomic E-state index is 13.1. The molecule has 6 nitrogen and oxygen atoms in total. The van der Waals surface area contributed by atoms with E-state index in [1.54, 1.807) is 30.8 Å². The van der Waals surface area contributed by atoms with Crippen LogP contribution in [0.1, 0.15) is 28.4 Å². The second-order valence-electron chi connectivity index (χ2n) is 9.21. The Morgan fingerprint density at radius 2 is 1.42 bits per heavy atom. The molecule has 0 aliphatic rings. The molecule has 1 unspecified atom stereocenters. The number of nitrogens with one attached hydrogen (secondary N) is 2. The number of nitrogens with zero attached hydrogens (tertiary/aromatic N) is 1. The third-order valence-electron chi connectivity index (χ3n) is 5.87. The zero-order chi connectivity index (χ0) is 27.3. The molecule has 2 N–H and O–H groups in total. The number of thioether (sulfide) groups is 2. The average molecular weight is 550 g/mol. The molecule has 2 atom stereocenters. The van der Waals surface area contributed by atoms with Gasteiger partial charge in [-0.3, -0.25) is 14.4 Å². The molecular formula is C30H35N3O3S2. The molecule has 0 aromatic heterocycles. The summed E-state index contributed by atoms with van der Waals surface area (Å²) in [5, 5.41) is 5.80. The van der Waals surface area contributed by atoms with Gasteiger partial charge in [-0.15, -0.1) is 0 Å². The molecule has 38 heavy (non-hydrogen) atoms. The Balaban J connectivity index is 1.57. The Bertz CT molecular complexity index is 1170. The van der Waals surface area contributed by atoms with Gasteiger partial charge in [0.2, 0.25) is 16.9 Å². The van der Waals surface area contributed by atoms with Crippen LogP contribution in [0, 0.1) is 5.92 Å². The Labute approximate surface area is 234 Å². The summed E-state index contributed by atoms with van der Waals surface area (Å²) in [6, 6.07) is 26.3. The molecule has 0 bridgehead atoms. The molecule has 0 heterocycles. The van der Waals surface area contributed by atoms with Gasteiger partial charge in [0, 0.05) is 55.1 Å². The van der Waals surface area contributed by atoms with E-state index in [4.69, 9.17) is 0 Å². The zero-order valence-electron chi connectivity index (χ0n) is 22.1. The van der Waals surface area contributed by atoms with Gasteiger partial charge in [-0.1, -0.05) is 91.5 Å². The highest BCUT2D eigenvalue weighted by atomic mass is 32.2. The SMILES string of the molecule is CC(CSC(=O)c1ccccc1)C(=O)N[C@H](CSCc1ccc(N(C)C)cc1)C(=O)NCc1ccccc1. The van der Waals surface area contributed by atoms with Crippen LogP contribution in [0.25, 0.3) is 0 Å². The smallest absolute Gasteiger partial charge is 0.243 e. The third kappa shape index (κ3) is 9.58. The number of rotatable bonds is 13. The second-order valence-corrected chi connectivity index (χ2v) is 11.2. The summed E-state index contributed by atoms with van der Waals surface area (Å²) >= 11 is 2.72. The standard InChI is InChI=1S/C30H35N3O3S2/c1-22(19-38-30(36)25-12-8-5-9-13-25)28(34)32-27(29(35)31-18-23-10-6-4-7-11-23)21-37-20-24-14-16-26(17-15-24)33(2)3/h4-17,22,27H,18-21H2,1-3H3,(H,31,35)(H,32,34)/t22?,27-/m1/s1. The van der Waals surface area contributed by atoms with Gasteiger partial charge in [0.25, 0.3) is 0 Å². The molecule has 2 amide bonds. The number of hydrogen-bond donors (Lipinski definition) is 2. The van der Waals surface area contributed by atoms with Crippen LogP contribution in [0.3, 0.4) is 0 Å². The monoisotopic (exact) mass is 549 g/mol. The van der Waals surface area contributed by atoms with Gasteiger partial charge in [0.15, 0.2) is 0 Å². The highest BCUT2D eigenvalue weighted by Crippen LogP contribution is 2.19. The first-order valence-corrected chi connectivity index (χ1v) is 14.7. The van der Waals surface area contributed by atoms with Crippen LogP contribution in [-0.4, -0.2) is 48.6 Å². The van der Waals surface area contributed by atoms with E-state index < -0.39 is 12.0 Å². The number of carbonyl (C=O) groups is 3. The van der Waals surface area contributed by atoms with Crippen molar-refractivity contribution in [2.75, 3.05) is 30.5 Å². The molecule has 200 valence electrons. The maximum Gasteiger partial charge on any atom is 0.243 e. The molecule has 0 aliphatic carbocycles. The van der Waals surface area contributed by atoms with E-state index >= 15 is 0 Å². The predicted octanol–water partition coefficient (Wildman–Crippen LogP) is 5.00. The van der Waals surface area contributed by atoms with Gasteiger partial charge in [0.1, 0.15) is 6.04 Å². The van der Waals surface area contributed by atoms with Crippen molar-refractivity contribution in [1.29, 1.82) is 0 Å². The molecule has 3 aromatic rings. The van der Waals surface area contributed by atoms with Crippen molar-refractivity contribution in [3.63, 3.8) is 0 Å². The van der Waals surface area contributed by atoms with Crippen LogP contribution in [0.2, 0.25) is 0 Å². The molecule has 3 aromatic carbocycles. The van der Waals surface area contributed by atoms with Crippen molar-refractivity contribution in [2.45, 2.75) is 25.3 Å². The van der Waals surface area contributed by atoms with E-state index in [9.17, 15) is 14.4 Å². The molecule has 0 aliphatic heterocycles. The summed E-state index contributed by atoms with van der Waals surface area (Å²) in [5.74, 6) is 0.601. The number of amides is 2. The lowest BCUT2D eigenvalue weighted by Gasteiger charge is -2.21. The lowest BCUT2D eigenvalue weighted by Crippen LogP contribution is -2.49. The summed E-state index contributed by atoms with van der Waals surface area (Å²) in [7, 11) is 4.00. The van der Waals surface area contributed by atoms with E-state index in [1.165, 1.54) is 0 Å². The summed E-state index contributed by atoms with van der Waals surface area (Å²) in [6.45, 7) is 2.17. The number of benzene rings is 3. The first kappa shape index (κ1) is 29.3. The number of hydrogen-bond acceptors (Lipinski definition) is 6. The number of anilines is 1. The fraction of sp³-hybridized carbons (Fsp3) is 0.300. The van der Waals surface area contributed by atoms with Gasteiger partial charge >= 0.3 is 0 Å². The van der Waals surface area contributed by atoms with Crippen molar-refractivity contribution in [2.24, 2.45) is 5.92 Å². The minimum Gasteiger partial charge on any atom is -0.378 e. The minimum atomic E-state index is -0.686. The van der Waals surface area contributed by atoms with E-state index in [-0.39, 0.29) is 16.9 Å². The first-order valence-electron chi connectivity index (χ1n) is 12.5. The van der Waals surface area contributed by atoms with Crippen molar-refractivity contribution in [1.82, 2.24) is 10.6 Å². The van der Waals surface area contributed by atoms with Crippen LogP contribution in [-0.2, 0) is 21.9 Å². The lowest BCUT2D eigenvalue weighted by molar-refractivity contribution is -0.130. The van der Waals surface area contributed by atoms with Crippen molar-refractivity contribution in [3.05, 3.63) is 102 Å². The lowest BCUT2D eigenvalue weighted by atomic mass is 10.2. The van der Waals surface area contributed by atoms with Crippen LogP contribution < -0.4 is 15.5 Å². The Morgan fingerprint density at radius 1 is 0.789 bits per heavy atom. The molecule has 8 heteroatoms. The molecule has 0 radical (unpaired) electrons. The largest absolute Gasteiger partial charge is 0.378 e. The third-order valence-corrected chi connectivity index (χ3v) is 8.14. The number of carbonyl (C=O) groups excluding carboxylic acids is 3. The van der Waals surface area contributed by atoms with Crippen molar-refractivity contribution < 1.29 is 14.4 Å². The maximum absolute atomic E-state index is 13.1. The molecule has 3 rings (SSSR count). The van der Waals surface area contributed by atoms with Crippen LogP contribution >= 0.6 is 23.5 Å². The van der Waals surface area contributed by atoms with Crippen LogP contribution in [0.4, 0.5) is 5.69 Å². The van der Waals surface area contributed by atoms with Gasteiger partial charge in [0.05, 0.1) is 0 Å².